The summed E-state index contributed by atoms with van der Waals surface area (Å²) in [6.07, 6.45) is 4.12. The second-order valence-electron chi connectivity index (χ2n) is 3.47. The number of rotatable bonds is 6. The van der Waals surface area contributed by atoms with Crippen molar-refractivity contribution in [1.29, 1.82) is 0 Å². The van der Waals surface area contributed by atoms with Gasteiger partial charge in [0, 0.05) is 19.6 Å². The Kier molecular flexibility index (Phi) is 7.76. The van der Waals surface area contributed by atoms with E-state index in [4.69, 9.17) is 0 Å². The Bertz CT molecular complexity index is 164. The molecule has 0 aromatic heterocycles. The van der Waals surface area contributed by atoms with Crippen LogP contribution in [0.3, 0.4) is 0 Å². The van der Waals surface area contributed by atoms with Crippen molar-refractivity contribution >= 4 is 17.8 Å². The maximum absolute atomic E-state index is 11.5. The lowest BCUT2D eigenvalue weighted by atomic mass is 10.2. The first-order chi connectivity index (χ1) is 6.63. The summed E-state index contributed by atoms with van der Waals surface area (Å²) < 4.78 is 0. The van der Waals surface area contributed by atoms with E-state index in [-0.39, 0.29) is 6.03 Å². The molecule has 0 radical (unpaired) electrons. The normalized spacial score (nSPS) is 12.3. The molecule has 0 rings (SSSR count). The molecule has 1 atom stereocenters. The first-order valence-corrected chi connectivity index (χ1v) is 6.52. The Morgan fingerprint density at radius 2 is 2.21 bits per heavy atom. The summed E-state index contributed by atoms with van der Waals surface area (Å²) >= 11 is 1.82. The van der Waals surface area contributed by atoms with E-state index in [1.54, 1.807) is 4.90 Å². The summed E-state index contributed by atoms with van der Waals surface area (Å²) in [5.74, 6) is 1.10. The van der Waals surface area contributed by atoms with Crippen LogP contribution in [-0.4, -0.2) is 42.6 Å². The molecule has 0 spiro atoms. The monoisotopic (exact) mass is 218 g/mol. The van der Waals surface area contributed by atoms with Crippen LogP contribution in [0.1, 0.15) is 26.7 Å². The van der Waals surface area contributed by atoms with E-state index in [1.165, 1.54) is 0 Å². The number of nitrogens with one attached hydrogen (secondary N) is 1. The highest BCUT2D eigenvalue weighted by Gasteiger charge is 2.13. The SMILES string of the molecule is CCCNC(=O)N(C)C(C)CCSC. The zero-order valence-corrected chi connectivity index (χ0v) is 10.5. The molecule has 14 heavy (non-hydrogen) atoms. The summed E-state index contributed by atoms with van der Waals surface area (Å²) in [5.41, 5.74) is 0. The van der Waals surface area contributed by atoms with Crippen LogP contribution >= 0.6 is 11.8 Å². The molecule has 0 aromatic rings. The van der Waals surface area contributed by atoms with E-state index in [0.717, 1.165) is 25.1 Å². The molecule has 0 aromatic carbocycles. The fraction of sp³-hybridized carbons (Fsp3) is 0.900. The van der Waals surface area contributed by atoms with Crippen molar-refractivity contribution in [3.05, 3.63) is 0 Å². The van der Waals surface area contributed by atoms with Crippen LogP contribution in [0.2, 0.25) is 0 Å². The molecule has 0 aliphatic rings. The topological polar surface area (TPSA) is 32.3 Å². The first kappa shape index (κ1) is 13.6. The molecule has 0 saturated heterocycles. The van der Waals surface area contributed by atoms with Crippen LogP contribution in [0, 0.1) is 0 Å². The van der Waals surface area contributed by atoms with Gasteiger partial charge in [0.25, 0.3) is 0 Å². The van der Waals surface area contributed by atoms with Crippen LogP contribution in [0.15, 0.2) is 0 Å². The molecular weight excluding hydrogens is 196 g/mol. The largest absolute Gasteiger partial charge is 0.338 e. The van der Waals surface area contributed by atoms with Gasteiger partial charge < -0.3 is 10.2 Å². The molecule has 1 N–H and O–H groups in total. The molecular formula is C10H22N2OS. The highest BCUT2D eigenvalue weighted by atomic mass is 32.2. The fourth-order valence-corrected chi connectivity index (χ4v) is 1.62. The van der Waals surface area contributed by atoms with Crippen LogP contribution in [0.5, 0.6) is 0 Å². The molecule has 1 unspecified atom stereocenters. The van der Waals surface area contributed by atoms with E-state index < -0.39 is 0 Å². The summed E-state index contributed by atoms with van der Waals surface area (Å²) in [6.45, 7) is 4.90. The second kappa shape index (κ2) is 7.97. The van der Waals surface area contributed by atoms with E-state index in [9.17, 15) is 4.79 Å². The molecule has 0 aliphatic carbocycles. The Morgan fingerprint density at radius 3 is 2.71 bits per heavy atom. The number of hydrogen-bond acceptors (Lipinski definition) is 2. The van der Waals surface area contributed by atoms with Crippen LogP contribution < -0.4 is 5.32 Å². The smallest absolute Gasteiger partial charge is 0.317 e. The molecule has 3 nitrogen and oxygen atoms in total. The minimum Gasteiger partial charge on any atom is -0.338 e. The van der Waals surface area contributed by atoms with E-state index >= 15 is 0 Å². The molecule has 0 heterocycles. The second-order valence-corrected chi connectivity index (χ2v) is 4.46. The molecule has 0 saturated carbocycles. The predicted molar refractivity (Wildman–Crippen MR) is 63.9 cm³/mol. The number of amides is 2. The van der Waals surface area contributed by atoms with Gasteiger partial charge in [-0.2, -0.15) is 11.8 Å². The maximum Gasteiger partial charge on any atom is 0.317 e. The zero-order chi connectivity index (χ0) is 11.0. The molecule has 0 fully saturated rings. The number of urea groups is 1. The zero-order valence-electron chi connectivity index (χ0n) is 9.67. The van der Waals surface area contributed by atoms with Gasteiger partial charge in [-0.25, -0.2) is 4.79 Å². The quantitative estimate of drug-likeness (QED) is 0.741. The van der Waals surface area contributed by atoms with Crippen molar-refractivity contribution in [3.8, 4) is 0 Å². The average Bonchev–Trinajstić information content (AvgIpc) is 2.21. The predicted octanol–water partition coefficient (Wildman–Crippen LogP) is 2.18. The van der Waals surface area contributed by atoms with Gasteiger partial charge in [0.05, 0.1) is 0 Å². The number of thioether (sulfide) groups is 1. The van der Waals surface area contributed by atoms with Gasteiger partial charge in [-0.15, -0.1) is 0 Å². The van der Waals surface area contributed by atoms with Crippen LogP contribution in [0.4, 0.5) is 4.79 Å². The number of carbonyl (C=O) groups is 1. The van der Waals surface area contributed by atoms with Gasteiger partial charge in [0.1, 0.15) is 0 Å². The lowest BCUT2D eigenvalue weighted by molar-refractivity contribution is 0.193. The van der Waals surface area contributed by atoms with Crippen molar-refractivity contribution in [2.75, 3.05) is 25.6 Å². The Hall–Kier alpha value is -0.380. The van der Waals surface area contributed by atoms with Crippen LogP contribution in [0.25, 0.3) is 0 Å². The number of hydrogen-bond donors (Lipinski definition) is 1. The fourth-order valence-electron chi connectivity index (χ4n) is 1.04. The van der Waals surface area contributed by atoms with Crippen LogP contribution in [-0.2, 0) is 0 Å². The lowest BCUT2D eigenvalue weighted by Gasteiger charge is -2.24. The molecule has 4 heteroatoms. The number of nitrogens with zero attached hydrogens (tertiary/aromatic N) is 1. The van der Waals surface area contributed by atoms with Gasteiger partial charge in [-0.05, 0) is 31.8 Å². The van der Waals surface area contributed by atoms with Crippen molar-refractivity contribution in [2.24, 2.45) is 0 Å². The van der Waals surface area contributed by atoms with Gasteiger partial charge in [-0.1, -0.05) is 6.92 Å². The van der Waals surface area contributed by atoms with Gasteiger partial charge >= 0.3 is 6.03 Å². The van der Waals surface area contributed by atoms with E-state index in [2.05, 4.69) is 25.4 Å². The summed E-state index contributed by atoms with van der Waals surface area (Å²) in [4.78, 5) is 13.3. The Balaban J connectivity index is 3.78. The van der Waals surface area contributed by atoms with Gasteiger partial charge in [-0.3, -0.25) is 0 Å². The number of carbonyl (C=O) groups excluding carboxylic acids is 1. The third kappa shape index (κ3) is 5.37. The molecule has 0 bridgehead atoms. The first-order valence-electron chi connectivity index (χ1n) is 5.13. The Morgan fingerprint density at radius 1 is 1.57 bits per heavy atom. The lowest BCUT2D eigenvalue weighted by Crippen LogP contribution is -2.42. The van der Waals surface area contributed by atoms with E-state index in [0.29, 0.717) is 6.04 Å². The molecule has 0 aliphatic heterocycles. The van der Waals surface area contributed by atoms with Crippen molar-refractivity contribution < 1.29 is 4.79 Å². The molecule has 2 amide bonds. The third-order valence-electron chi connectivity index (χ3n) is 2.25. The van der Waals surface area contributed by atoms with E-state index in [1.807, 2.05) is 18.8 Å². The van der Waals surface area contributed by atoms with Crippen molar-refractivity contribution in [2.45, 2.75) is 32.7 Å². The summed E-state index contributed by atoms with van der Waals surface area (Å²) in [5, 5.41) is 2.87. The van der Waals surface area contributed by atoms with Crippen molar-refractivity contribution in [3.63, 3.8) is 0 Å². The molecule has 84 valence electrons. The minimum atomic E-state index is 0.0421. The average molecular weight is 218 g/mol. The standard InChI is InChI=1S/C10H22N2OS/c1-5-7-11-10(13)12(3)9(2)6-8-14-4/h9H,5-8H2,1-4H3,(H,11,13). The highest BCUT2D eigenvalue weighted by molar-refractivity contribution is 7.98. The Labute approximate surface area is 91.6 Å². The van der Waals surface area contributed by atoms with Gasteiger partial charge in [0.15, 0.2) is 0 Å². The highest BCUT2D eigenvalue weighted by Crippen LogP contribution is 2.05. The maximum atomic E-state index is 11.5. The minimum absolute atomic E-state index is 0.0421. The van der Waals surface area contributed by atoms with Gasteiger partial charge in [0.2, 0.25) is 0 Å². The summed E-state index contributed by atoms with van der Waals surface area (Å²) in [6, 6.07) is 0.361. The third-order valence-corrected chi connectivity index (χ3v) is 2.89. The summed E-state index contributed by atoms with van der Waals surface area (Å²) in [7, 11) is 1.86. The van der Waals surface area contributed by atoms with Crippen molar-refractivity contribution in [1.82, 2.24) is 10.2 Å².